The van der Waals surface area contributed by atoms with Gasteiger partial charge in [0.1, 0.15) is 29.6 Å². The topological polar surface area (TPSA) is 98.6 Å². The number of amides is 2. The first-order valence-electron chi connectivity index (χ1n) is 13.4. The SMILES string of the molecule is CCOc1ccc(N(C(=O)Cn2nnc3ccccc32)[C@H](C(=O)NCc2ccccc2)c2ccc(OC)cc2)cc1. The molecule has 0 fully saturated rings. The highest BCUT2D eigenvalue weighted by Gasteiger charge is 2.33. The van der Waals surface area contributed by atoms with Gasteiger partial charge >= 0.3 is 0 Å². The van der Waals surface area contributed by atoms with Crippen LogP contribution < -0.4 is 19.7 Å². The van der Waals surface area contributed by atoms with Crippen LogP contribution in [0.4, 0.5) is 5.69 Å². The van der Waals surface area contributed by atoms with Gasteiger partial charge in [0, 0.05) is 12.2 Å². The standard InChI is InChI=1S/C32H31N5O4/c1-3-41-27-19-15-25(16-20-27)37(30(38)22-36-29-12-8-7-11-28(29)34-35-36)31(24-13-17-26(40-2)18-14-24)32(39)33-21-23-9-5-4-6-10-23/h4-20,31H,3,21-22H2,1-2H3,(H,33,39)/t31-/m0/s1. The van der Waals surface area contributed by atoms with Gasteiger partial charge in [-0.25, -0.2) is 4.68 Å². The molecule has 2 amide bonds. The van der Waals surface area contributed by atoms with Crippen LogP contribution >= 0.6 is 0 Å². The van der Waals surface area contributed by atoms with E-state index in [1.54, 1.807) is 60.3 Å². The van der Waals surface area contributed by atoms with Crippen LogP contribution in [0, 0.1) is 0 Å². The molecule has 1 atom stereocenters. The van der Waals surface area contributed by atoms with Crippen LogP contribution in [0.5, 0.6) is 11.5 Å². The molecule has 5 rings (SSSR count). The Bertz CT molecular complexity index is 1600. The quantitative estimate of drug-likeness (QED) is 0.251. The lowest BCUT2D eigenvalue weighted by atomic mass is 10.0. The van der Waals surface area contributed by atoms with Gasteiger partial charge in [0.2, 0.25) is 11.8 Å². The normalized spacial score (nSPS) is 11.6. The van der Waals surface area contributed by atoms with Gasteiger partial charge in [-0.3, -0.25) is 14.5 Å². The predicted octanol–water partition coefficient (Wildman–Crippen LogP) is 4.93. The molecule has 0 unspecified atom stereocenters. The van der Waals surface area contributed by atoms with E-state index >= 15 is 0 Å². The number of hydrogen-bond donors (Lipinski definition) is 1. The predicted molar refractivity (Wildman–Crippen MR) is 157 cm³/mol. The molecule has 1 aromatic heterocycles. The number of carbonyl (C=O) groups excluding carboxylic acids is 2. The van der Waals surface area contributed by atoms with E-state index in [-0.39, 0.29) is 18.4 Å². The molecule has 0 saturated carbocycles. The summed E-state index contributed by atoms with van der Waals surface area (Å²) in [6, 6.07) is 30.4. The zero-order valence-electron chi connectivity index (χ0n) is 22.9. The molecule has 0 radical (unpaired) electrons. The van der Waals surface area contributed by atoms with Crippen LogP contribution in [-0.4, -0.2) is 40.5 Å². The first-order chi connectivity index (χ1) is 20.1. The maximum absolute atomic E-state index is 14.2. The van der Waals surface area contributed by atoms with E-state index in [0.29, 0.717) is 41.4 Å². The Morgan fingerprint density at radius 1 is 0.878 bits per heavy atom. The number of methoxy groups -OCH3 is 1. The third kappa shape index (κ3) is 6.36. The van der Waals surface area contributed by atoms with Crippen molar-refractivity contribution in [2.75, 3.05) is 18.6 Å². The Hall–Kier alpha value is -5.18. The summed E-state index contributed by atoms with van der Waals surface area (Å²) in [7, 11) is 1.58. The Balaban J connectivity index is 1.55. The van der Waals surface area contributed by atoms with E-state index in [4.69, 9.17) is 9.47 Å². The van der Waals surface area contributed by atoms with Crippen molar-refractivity contribution in [3.8, 4) is 11.5 Å². The van der Waals surface area contributed by atoms with E-state index < -0.39 is 6.04 Å². The van der Waals surface area contributed by atoms with Crippen LogP contribution in [0.2, 0.25) is 0 Å². The molecule has 0 spiro atoms. The minimum atomic E-state index is -0.982. The van der Waals surface area contributed by atoms with E-state index in [0.717, 1.165) is 11.1 Å². The largest absolute Gasteiger partial charge is 0.497 e. The van der Waals surface area contributed by atoms with Crippen LogP contribution in [0.1, 0.15) is 24.1 Å². The third-order valence-corrected chi connectivity index (χ3v) is 6.65. The number of hydrogen-bond acceptors (Lipinski definition) is 6. The second kappa shape index (κ2) is 12.8. The van der Waals surface area contributed by atoms with Crippen LogP contribution in [-0.2, 0) is 22.7 Å². The minimum Gasteiger partial charge on any atom is -0.497 e. The number of benzene rings is 4. The van der Waals surface area contributed by atoms with Gasteiger partial charge in [0.05, 0.1) is 19.2 Å². The Kier molecular flexibility index (Phi) is 8.54. The molecule has 208 valence electrons. The maximum Gasteiger partial charge on any atom is 0.249 e. The van der Waals surface area contributed by atoms with Gasteiger partial charge in [-0.1, -0.05) is 59.8 Å². The highest BCUT2D eigenvalue weighted by Crippen LogP contribution is 2.31. The van der Waals surface area contributed by atoms with Crippen LogP contribution in [0.25, 0.3) is 11.0 Å². The van der Waals surface area contributed by atoms with Crippen LogP contribution in [0.15, 0.2) is 103 Å². The summed E-state index contributed by atoms with van der Waals surface area (Å²) in [4.78, 5) is 29.7. The third-order valence-electron chi connectivity index (χ3n) is 6.65. The van der Waals surface area contributed by atoms with Gasteiger partial charge in [0.25, 0.3) is 0 Å². The number of ether oxygens (including phenoxy) is 2. The molecule has 0 saturated heterocycles. The molecule has 1 N–H and O–H groups in total. The second-order valence-electron chi connectivity index (χ2n) is 9.31. The molecule has 9 nitrogen and oxygen atoms in total. The fourth-order valence-corrected chi connectivity index (χ4v) is 4.63. The average Bonchev–Trinajstić information content (AvgIpc) is 3.42. The lowest BCUT2D eigenvalue weighted by molar-refractivity contribution is -0.127. The lowest BCUT2D eigenvalue weighted by Gasteiger charge is -2.32. The maximum atomic E-state index is 14.2. The number of fused-ring (bicyclic) bond motifs is 1. The molecule has 0 bridgehead atoms. The smallest absolute Gasteiger partial charge is 0.249 e. The highest BCUT2D eigenvalue weighted by molar-refractivity contribution is 6.01. The van der Waals surface area contributed by atoms with Gasteiger partial charge < -0.3 is 14.8 Å². The molecular formula is C32H31N5O4. The molecule has 0 aliphatic heterocycles. The number of para-hydroxylation sites is 1. The Morgan fingerprint density at radius 3 is 2.27 bits per heavy atom. The zero-order chi connectivity index (χ0) is 28.6. The number of rotatable bonds is 11. The van der Waals surface area contributed by atoms with Gasteiger partial charge in [-0.15, -0.1) is 5.10 Å². The number of anilines is 1. The minimum absolute atomic E-state index is 0.119. The van der Waals surface area contributed by atoms with Crippen molar-refractivity contribution in [3.63, 3.8) is 0 Å². The Labute approximate surface area is 238 Å². The molecule has 4 aromatic carbocycles. The first kappa shape index (κ1) is 27.4. The van der Waals surface area contributed by atoms with Gasteiger partial charge in [-0.05, 0) is 66.6 Å². The Morgan fingerprint density at radius 2 is 1.56 bits per heavy atom. The van der Waals surface area contributed by atoms with Crippen molar-refractivity contribution in [1.29, 1.82) is 0 Å². The molecule has 1 heterocycles. The summed E-state index contributed by atoms with van der Waals surface area (Å²) in [5.41, 5.74) is 3.52. The summed E-state index contributed by atoms with van der Waals surface area (Å²) >= 11 is 0. The van der Waals surface area contributed by atoms with Crippen molar-refractivity contribution >= 4 is 28.5 Å². The van der Waals surface area contributed by atoms with Gasteiger partial charge in [0.15, 0.2) is 0 Å². The number of nitrogens with zero attached hydrogens (tertiary/aromatic N) is 4. The summed E-state index contributed by atoms with van der Waals surface area (Å²) < 4.78 is 12.5. The van der Waals surface area contributed by atoms with Crippen molar-refractivity contribution in [1.82, 2.24) is 20.3 Å². The zero-order valence-corrected chi connectivity index (χ0v) is 22.9. The number of carbonyl (C=O) groups is 2. The fourth-order valence-electron chi connectivity index (χ4n) is 4.63. The molecule has 0 aliphatic rings. The number of aromatic nitrogens is 3. The van der Waals surface area contributed by atoms with E-state index in [9.17, 15) is 9.59 Å². The van der Waals surface area contributed by atoms with Crippen molar-refractivity contribution in [3.05, 3.63) is 114 Å². The van der Waals surface area contributed by atoms with Crippen molar-refractivity contribution < 1.29 is 19.1 Å². The van der Waals surface area contributed by atoms with E-state index in [2.05, 4.69) is 15.6 Å². The molecular weight excluding hydrogens is 518 g/mol. The van der Waals surface area contributed by atoms with E-state index in [1.807, 2.05) is 61.5 Å². The highest BCUT2D eigenvalue weighted by atomic mass is 16.5. The van der Waals surface area contributed by atoms with Crippen LogP contribution in [0.3, 0.4) is 0 Å². The summed E-state index contributed by atoms with van der Waals surface area (Å²) in [6.07, 6.45) is 0. The summed E-state index contributed by atoms with van der Waals surface area (Å²) in [6.45, 7) is 2.61. The molecule has 9 heteroatoms. The monoisotopic (exact) mass is 549 g/mol. The average molecular weight is 550 g/mol. The molecule has 41 heavy (non-hydrogen) atoms. The lowest BCUT2D eigenvalue weighted by Crippen LogP contribution is -2.45. The first-order valence-corrected chi connectivity index (χ1v) is 13.4. The second-order valence-corrected chi connectivity index (χ2v) is 9.31. The summed E-state index contributed by atoms with van der Waals surface area (Å²) in [5.74, 6) is 0.649. The van der Waals surface area contributed by atoms with E-state index in [1.165, 1.54) is 4.90 Å². The van der Waals surface area contributed by atoms with Crippen molar-refractivity contribution in [2.45, 2.75) is 26.1 Å². The number of nitrogens with one attached hydrogen (secondary N) is 1. The molecule has 0 aliphatic carbocycles. The fraction of sp³-hybridized carbons (Fsp3) is 0.188. The molecule has 5 aromatic rings. The van der Waals surface area contributed by atoms with Crippen molar-refractivity contribution in [2.24, 2.45) is 0 Å². The van der Waals surface area contributed by atoms with Gasteiger partial charge in [-0.2, -0.15) is 0 Å². The summed E-state index contributed by atoms with van der Waals surface area (Å²) in [5, 5.41) is 11.4.